The highest BCUT2D eigenvalue weighted by Gasteiger charge is 2.33. The van der Waals surface area contributed by atoms with E-state index in [-0.39, 0.29) is 5.95 Å². The van der Waals surface area contributed by atoms with Gasteiger partial charge in [-0.3, -0.25) is 0 Å². The van der Waals surface area contributed by atoms with Crippen molar-refractivity contribution in [3.63, 3.8) is 0 Å². The molecule has 3 rings (SSSR count). The number of aromatic nitrogens is 4. The second-order valence-corrected chi connectivity index (χ2v) is 6.36. The average Bonchev–Trinajstić information content (AvgIpc) is 2.72. The van der Waals surface area contributed by atoms with E-state index in [4.69, 9.17) is 0 Å². The predicted octanol–water partition coefficient (Wildman–Crippen LogP) is 2.61. The van der Waals surface area contributed by atoms with Crippen molar-refractivity contribution in [2.45, 2.75) is 32.9 Å². The lowest BCUT2D eigenvalue weighted by atomic mass is 10.0. The summed E-state index contributed by atoms with van der Waals surface area (Å²) in [5, 5.41) is 18.1. The third kappa shape index (κ3) is 3.83. The van der Waals surface area contributed by atoms with E-state index in [0.29, 0.717) is 50.4 Å². The summed E-state index contributed by atoms with van der Waals surface area (Å²) in [5.74, 6) is 0.581. The Kier molecular flexibility index (Phi) is 5.63. The summed E-state index contributed by atoms with van der Waals surface area (Å²) in [6, 6.07) is 3.10. The lowest BCUT2D eigenvalue weighted by Crippen LogP contribution is -2.48. The van der Waals surface area contributed by atoms with Crippen molar-refractivity contribution in [3.05, 3.63) is 34.8 Å². The minimum absolute atomic E-state index is 0.0524. The second kappa shape index (κ2) is 7.96. The van der Waals surface area contributed by atoms with Gasteiger partial charge in [-0.05, 0) is 24.5 Å². The maximum Gasteiger partial charge on any atom is 0.433 e. The first-order chi connectivity index (χ1) is 13.4. The van der Waals surface area contributed by atoms with Gasteiger partial charge in [0.15, 0.2) is 5.82 Å². The molecule has 10 heteroatoms. The van der Waals surface area contributed by atoms with E-state index in [1.54, 1.807) is 4.90 Å². The number of piperazine rings is 1. The fourth-order valence-electron chi connectivity index (χ4n) is 3.28. The first-order valence-corrected chi connectivity index (χ1v) is 9.07. The maximum absolute atomic E-state index is 12.9. The lowest BCUT2D eigenvalue weighted by molar-refractivity contribution is -0.141. The van der Waals surface area contributed by atoms with E-state index in [1.165, 1.54) is 0 Å². The van der Waals surface area contributed by atoms with Crippen LogP contribution in [0.15, 0.2) is 12.3 Å². The SMILES string of the molecule is CCc1nnc(N2CCN(c3nccc(C(F)(F)F)n3)CC2)c(C#N)c1CC. The highest BCUT2D eigenvalue weighted by molar-refractivity contribution is 5.59. The molecule has 0 amide bonds. The molecule has 0 radical (unpaired) electrons. The minimum Gasteiger partial charge on any atom is -0.350 e. The van der Waals surface area contributed by atoms with Crippen molar-refractivity contribution in [2.75, 3.05) is 36.0 Å². The molecule has 0 bridgehead atoms. The Labute approximate surface area is 160 Å². The van der Waals surface area contributed by atoms with E-state index in [2.05, 4.69) is 26.2 Å². The van der Waals surface area contributed by atoms with Crippen LogP contribution in [0.2, 0.25) is 0 Å². The van der Waals surface area contributed by atoms with Crippen LogP contribution in [0.5, 0.6) is 0 Å². The van der Waals surface area contributed by atoms with Crippen LogP contribution in [0, 0.1) is 11.3 Å². The smallest absolute Gasteiger partial charge is 0.350 e. The third-order valence-electron chi connectivity index (χ3n) is 4.73. The zero-order chi connectivity index (χ0) is 20.3. The monoisotopic (exact) mass is 391 g/mol. The summed E-state index contributed by atoms with van der Waals surface area (Å²) >= 11 is 0. The molecule has 0 aliphatic carbocycles. The molecule has 7 nitrogen and oxygen atoms in total. The molecule has 1 aliphatic rings. The lowest BCUT2D eigenvalue weighted by Gasteiger charge is -2.35. The summed E-state index contributed by atoms with van der Waals surface area (Å²) in [6.07, 6.45) is -2.00. The molecule has 1 saturated heterocycles. The molecule has 0 aromatic carbocycles. The summed E-state index contributed by atoms with van der Waals surface area (Å²) in [7, 11) is 0. The number of halogens is 3. The van der Waals surface area contributed by atoms with Crippen LogP contribution in [0.25, 0.3) is 0 Å². The van der Waals surface area contributed by atoms with Crippen LogP contribution < -0.4 is 9.80 Å². The number of nitriles is 1. The molecule has 2 aromatic heterocycles. The fraction of sp³-hybridized carbons (Fsp3) is 0.500. The van der Waals surface area contributed by atoms with Crippen molar-refractivity contribution in [3.8, 4) is 6.07 Å². The molecule has 0 atom stereocenters. The minimum atomic E-state index is -4.51. The third-order valence-corrected chi connectivity index (χ3v) is 4.73. The topological polar surface area (TPSA) is 81.8 Å². The van der Waals surface area contributed by atoms with Crippen LogP contribution in [0.1, 0.15) is 36.4 Å². The molecule has 0 saturated carbocycles. The number of anilines is 2. The van der Waals surface area contributed by atoms with Gasteiger partial charge in [0.2, 0.25) is 5.95 Å². The zero-order valence-corrected chi connectivity index (χ0v) is 15.7. The van der Waals surface area contributed by atoms with E-state index < -0.39 is 11.9 Å². The van der Waals surface area contributed by atoms with Gasteiger partial charge in [-0.25, -0.2) is 9.97 Å². The molecular formula is C18H20F3N7. The molecule has 0 N–H and O–H groups in total. The van der Waals surface area contributed by atoms with Crippen LogP contribution in [-0.4, -0.2) is 46.3 Å². The number of nitrogens with zero attached hydrogens (tertiary/aromatic N) is 7. The quantitative estimate of drug-likeness (QED) is 0.792. The summed E-state index contributed by atoms with van der Waals surface area (Å²) in [5.41, 5.74) is 1.29. The van der Waals surface area contributed by atoms with Gasteiger partial charge >= 0.3 is 6.18 Å². The number of alkyl halides is 3. The van der Waals surface area contributed by atoms with Crippen LogP contribution in [-0.2, 0) is 19.0 Å². The van der Waals surface area contributed by atoms with Crippen LogP contribution in [0.3, 0.4) is 0 Å². The van der Waals surface area contributed by atoms with Gasteiger partial charge in [-0.1, -0.05) is 13.8 Å². The van der Waals surface area contributed by atoms with Crippen molar-refractivity contribution < 1.29 is 13.2 Å². The van der Waals surface area contributed by atoms with E-state index in [1.807, 2.05) is 18.7 Å². The average molecular weight is 391 g/mol. The molecule has 0 spiro atoms. The molecule has 2 aromatic rings. The highest BCUT2D eigenvalue weighted by Crippen LogP contribution is 2.29. The molecule has 1 aliphatic heterocycles. The van der Waals surface area contributed by atoms with Crippen LogP contribution >= 0.6 is 0 Å². The standard InChI is InChI=1S/C18H20F3N7/c1-3-12-13(11-22)16(26-25-14(12)4-2)27-7-9-28(10-8-27)17-23-6-5-15(24-17)18(19,20)21/h5-6H,3-4,7-10H2,1-2H3. The molecule has 1 fully saturated rings. The second-order valence-electron chi connectivity index (χ2n) is 6.36. The molecule has 0 unspecified atom stereocenters. The Morgan fingerprint density at radius 2 is 1.75 bits per heavy atom. The van der Waals surface area contributed by atoms with E-state index >= 15 is 0 Å². The van der Waals surface area contributed by atoms with Gasteiger partial charge in [-0.2, -0.15) is 23.5 Å². The largest absolute Gasteiger partial charge is 0.433 e. The van der Waals surface area contributed by atoms with E-state index in [9.17, 15) is 18.4 Å². The van der Waals surface area contributed by atoms with Crippen molar-refractivity contribution in [2.24, 2.45) is 0 Å². The van der Waals surface area contributed by atoms with E-state index in [0.717, 1.165) is 23.5 Å². The summed E-state index contributed by atoms with van der Waals surface area (Å²) < 4.78 is 38.6. The Hall–Kier alpha value is -2.96. The predicted molar refractivity (Wildman–Crippen MR) is 97.0 cm³/mol. The fourth-order valence-corrected chi connectivity index (χ4v) is 3.28. The van der Waals surface area contributed by atoms with Gasteiger partial charge < -0.3 is 9.80 Å². The number of hydrogen-bond acceptors (Lipinski definition) is 7. The highest BCUT2D eigenvalue weighted by atomic mass is 19.4. The van der Waals surface area contributed by atoms with Gasteiger partial charge in [0.05, 0.1) is 5.69 Å². The Bertz CT molecular complexity index is 884. The van der Waals surface area contributed by atoms with Crippen molar-refractivity contribution in [1.82, 2.24) is 20.2 Å². The number of hydrogen-bond donors (Lipinski definition) is 0. The van der Waals surface area contributed by atoms with Gasteiger partial charge in [0, 0.05) is 32.4 Å². The normalized spacial score (nSPS) is 14.9. The van der Waals surface area contributed by atoms with Gasteiger partial charge in [0.1, 0.15) is 17.3 Å². The Balaban J connectivity index is 1.79. The first kappa shape index (κ1) is 19.8. The first-order valence-electron chi connectivity index (χ1n) is 9.07. The summed E-state index contributed by atoms with van der Waals surface area (Å²) in [6.45, 7) is 5.76. The zero-order valence-electron chi connectivity index (χ0n) is 15.7. The van der Waals surface area contributed by atoms with Crippen molar-refractivity contribution in [1.29, 1.82) is 5.26 Å². The summed E-state index contributed by atoms with van der Waals surface area (Å²) in [4.78, 5) is 11.3. The maximum atomic E-state index is 12.9. The Morgan fingerprint density at radius 1 is 1.07 bits per heavy atom. The molecular weight excluding hydrogens is 371 g/mol. The van der Waals surface area contributed by atoms with Crippen molar-refractivity contribution >= 4 is 11.8 Å². The van der Waals surface area contributed by atoms with Crippen LogP contribution in [0.4, 0.5) is 24.9 Å². The van der Waals surface area contributed by atoms with Gasteiger partial charge in [-0.15, -0.1) is 5.10 Å². The molecule has 3 heterocycles. The molecule has 28 heavy (non-hydrogen) atoms. The van der Waals surface area contributed by atoms with Gasteiger partial charge in [0.25, 0.3) is 0 Å². The number of aryl methyl sites for hydroxylation is 1. The number of rotatable bonds is 4. The molecule has 148 valence electrons. The Morgan fingerprint density at radius 3 is 2.32 bits per heavy atom.